The molecule has 2 aromatic rings. The molecule has 2 rings (SSSR count). The van der Waals surface area contributed by atoms with E-state index in [9.17, 15) is 5.11 Å². The van der Waals surface area contributed by atoms with Gasteiger partial charge in [0.2, 0.25) is 0 Å². The van der Waals surface area contributed by atoms with Crippen LogP contribution in [0.4, 0.5) is 0 Å². The van der Waals surface area contributed by atoms with Gasteiger partial charge in [-0.1, -0.05) is 12.1 Å². The van der Waals surface area contributed by atoms with Crippen molar-refractivity contribution < 1.29 is 19.3 Å². The Hall–Kier alpha value is -2.24. The Balaban J connectivity index is 1.77. The largest absolute Gasteiger partial charge is 0.497 e. The Bertz CT molecular complexity index is 615. The number of benzene rings is 2. The molecule has 5 nitrogen and oxygen atoms in total. The maximum absolute atomic E-state index is 10.1. The van der Waals surface area contributed by atoms with E-state index in [0.29, 0.717) is 12.3 Å². The first-order valence-electron chi connectivity index (χ1n) is 7.87. The average molecular weight is 331 g/mol. The Morgan fingerprint density at radius 3 is 2.29 bits per heavy atom. The Kier molecular flexibility index (Phi) is 6.90. The number of rotatable bonds is 9. The molecule has 0 aliphatic rings. The Labute approximate surface area is 143 Å². The van der Waals surface area contributed by atoms with Crippen LogP contribution in [0.3, 0.4) is 0 Å². The Morgan fingerprint density at radius 1 is 0.958 bits per heavy atom. The molecule has 0 unspecified atom stereocenters. The van der Waals surface area contributed by atoms with Crippen molar-refractivity contribution in [2.45, 2.75) is 12.6 Å². The molecule has 0 spiro atoms. The molecule has 0 radical (unpaired) electrons. The molecule has 1 atom stereocenters. The maximum atomic E-state index is 10.1. The molecule has 0 fully saturated rings. The second-order valence-corrected chi connectivity index (χ2v) is 5.69. The Morgan fingerprint density at radius 2 is 1.62 bits per heavy atom. The van der Waals surface area contributed by atoms with Gasteiger partial charge in [-0.25, -0.2) is 0 Å². The fourth-order valence-corrected chi connectivity index (χ4v) is 2.42. The molecule has 0 saturated carbocycles. The van der Waals surface area contributed by atoms with Crippen LogP contribution in [0.1, 0.15) is 5.56 Å². The van der Waals surface area contributed by atoms with Crippen LogP contribution in [0, 0.1) is 0 Å². The molecule has 0 aliphatic heterocycles. The molecule has 0 bridgehead atoms. The minimum atomic E-state index is -0.567. The van der Waals surface area contributed by atoms with E-state index in [1.807, 2.05) is 55.6 Å². The van der Waals surface area contributed by atoms with Gasteiger partial charge in [0.05, 0.1) is 14.2 Å². The molecule has 0 aromatic heterocycles. The fraction of sp³-hybridized carbons (Fsp3) is 0.368. The van der Waals surface area contributed by atoms with Crippen molar-refractivity contribution in [2.75, 3.05) is 34.4 Å². The van der Waals surface area contributed by atoms with Gasteiger partial charge in [0.15, 0.2) is 0 Å². The first kappa shape index (κ1) is 18.1. The van der Waals surface area contributed by atoms with Gasteiger partial charge in [0.25, 0.3) is 0 Å². The molecule has 130 valence electrons. The number of aliphatic hydroxyl groups is 1. The van der Waals surface area contributed by atoms with Crippen molar-refractivity contribution in [3.8, 4) is 17.2 Å². The first-order valence-corrected chi connectivity index (χ1v) is 7.87. The summed E-state index contributed by atoms with van der Waals surface area (Å²) in [5.41, 5.74) is 1.14. The minimum Gasteiger partial charge on any atom is -0.497 e. The lowest BCUT2D eigenvalue weighted by Crippen LogP contribution is -2.32. The summed E-state index contributed by atoms with van der Waals surface area (Å²) >= 11 is 0. The van der Waals surface area contributed by atoms with Crippen LogP contribution in [-0.2, 0) is 6.54 Å². The predicted octanol–water partition coefficient (Wildman–Crippen LogP) is 2.58. The number of hydrogen-bond donors (Lipinski definition) is 1. The van der Waals surface area contributed by atoms with E-state index in [0.717, 1.165) is 23.6 Å². The van der Waals surface area contributed by atoms with Gasteiger partial charge < -0.3 is 19.3 Å². The highest BCUT2D eigenvalue weighted by Gasteiger charge is 2.10. The number of aliphatic hydroxyl groups excluding tert-OH is 1. The topological polar surface area (TPSA) is 51.2 Å². The van der Waals surface area contributed by atoms with Crippen molar-refractivity contribution >= 4 is 0 Å². The molecule has 0 heterocycles. The van der Waals surface area contributed by atoms with Gasteiger partial charge >= 0.3 is 0 Å². The van der Waals surface area contributed by atoms with Gasteiger partial charge in [-0.3, -0.25) is 4.90 Å². The number of hydrogen-bond acceptors (Lipinski definition) is 5. The molecule has 24 heavy (non-hydrogen) atoms. The zero-order valence-corrected chi connectivity index (χ0v) is 14.4. The summed E-state index contributed by atoms with van der Waals surface area (Å²) in [7, 11) is 5.25. The van der Waals surface area contributed by atoms with Gasteiger partial charge in [-0.15, -0.1) is 0 Å². The molecular formula is C19H25NO4. The third-order valence-corrected chi connectivity index (χ3v) is 3.61. The van der Waals surface area contributed by atoms with Crippen LogP contribution in [0.15, 0.2) is 48.5 Å². The van der Waals surface area contributed by atoms with E-state index >= 15 is 0 Å². The standard InChI is InChI=1S/C19H25NO4/c1-20(12-15-5-4-6-19(11-15)23-3)13-16(21)14-24-18-9-7-17(22-2)8-10-18/h4-11,16,21H,12-14H2,1-3H3/t16-/m1/s1. The van der Waals surface area contributed by atoms with Crippen molar-refractivity contribution in [3.05, 3.63) is 54.1 Å². The molecule has 2 aromatic carbocycles. The number of methoxy groups -OCH3 is 2. The van der Waals surface area contributed by atoms with E-state index in [-0.39, 0.29) is 6.61 Å². The third-order valence-electron chi connectivity index (χ3n) is 3.61. The summed E-state index contributed by atoms with van der Waals surface area (Å²) < 4.78 is 15.9. The van der Waals surface area contributed by atoms with Crippen LogP contribution in [0.2, 0.25) is 0 Å². The quantitative estimate of drug-likeness (QED) is 0.765. The fourth-order valence-electron chi connectivity index (χ4n) is 2.42. The summed E-state index contributed by atoms with van der Waals surface area (Å²) in [6.45, 7) is 1.50. The third kappa shape index (κ3) is 5.76. The van der Waals surface area contributed by atoms with Gasteiger partial charge in [0, 0.05) is 13.1 Å². The van der Waals surface area contributed by atoms with Crippen LogP contribution >= 0.6 is 0 Å². The number of nitrogens with zero attached hydrogens (tertiary/aromatic N) is 1. The lowest BCUT2D eigenvalue weighted by molar-refractivity contribution is 0.0743. The van der Waals surface area contributed by atoms with Crippen molar-refractivity contribution in [3.63, 3.8) is 0 Å². The van der Waals surface area contributed by atoms with Crippen LogP contribution < -0.4 is 14.2 Å². The maximum Gasteiger partial charge on any atom is 0.119 e. The van der Waals surface area contributed by atoms with Crippen LogP contribution in [0.5, 0.6) is 17.2 Å². The average Bonchev–Trinajstić information content (AvgIpc) is 2.60. The van der Waals surface area contributed by atoms with E-state index < -0.39 is 6.10 Å². The highest BCUT2D eigenvalue weighted by atomic mass is 16.5. The second kappa shape index (κ2) is 9.15. The lowest BCUT2D eigenvalue weighted by atomic mass is 10.2. The molecule has 1 N–H and O–H groups in total. The van der Waals surface area contributed by atoms with E-state index in [1.54, 1.807) is 14.2 Å². The first-order chi connectivity index (χ1) is 11.6. The zero-order chi connectivity index (χ0) is 17.4. The van der Waals surface area contributed by atoms with E-state index in [4.69, 9.17) is 14.2 Å². The SMILES string of the molecule is COc1ccc(OC[C@H](O)CN(C)Cc2cccc(OC)c2)cc1. The number of likely N-dealkylation sites (N-methyl/N-ethyl adjacent to an activating group) is 1. The van der Waals surface area contributed by atoms with Gasteiger partial charge in [-0.2, -0.15) is 0 Å². The van der Waals surface area contributed by atoms with Crippen LogP contribution in [-0.4, -0.2) is 50.5 Å². The van der Waals surface area contributed by atoms with Gasteiger partial charge in [-0.05, 0) is 49.0 Å². The van der Waals surface area contributed by atoms with Crippen molar-refractivity contribution in [1.29, 1.82) is 0 Å². The molecular weight excluding hydrogens is 306 g/mol. The monoisotopic (exact) mass is 331 g/mol. The van der Waals surface area contributed by atoms with Crippen LogP contribution in [0.25, 0.3) is 0 Å². The zero-order valence-electron chi connectivity index (χ0n) is 14.4. The summed E-state index contributed by atoms with van der Waals surface area (Å²) in [6.07, 6.45) is -0.567. The molecule has 5 heteroatoms. The summed E-state index contributed by atoms with van der Waals surface area (Å²) in [5.74, 6) is 2.33. The molecule has 0 saturated heterocycles. The van der Waals surface area contributed by atoms with E-state index in [2.05, 4.69) is 4.90 Å². The highest BCUT2D eigenvalue weighted by Crippen LogP contribution is 2.17. The number of ether oxygens (including phenoxy) is 3. The molecule has 0 amide bonds. The highest BCUT2D eigenvalue weighted by molar-refractivity contribution is 5.31. The second-order valence-electron chi connectivity index (χ2n) is 5.69. The smallest absolute Gasteiger partial charge is 0.119 e. The van der Waals surface area contributed by atoms with E-state index in [1.165, 1.54) is 0 Å². The predicted molar refractivity (Wildman–Crippen MR) is 93.8 cm³/mol. The summed E-state index contributed by atoms with van der Waals surface area (Å²) in [5, 5.41) is 10.1. The lowest BCUT2D eigenvalue weighted by Gasteiger charge is -2.21. The summed E-state index contributed by atoms with van der Waals surface area (Å²) in [4.78, 5) is 2.05. The summed E-state index contributed by atoms with van der Waals surface area (Å²) in [6, 6.07) is 15.2. The van der Waals surface area contributed by atoms with Gasteiger partial charge in [0.1, 0.15) is 30.0 Å². The van der Waals surface area contributed by atoms with Crippen molar-refractivity contribution in [2.24, 2.45) is 0 Å². The molecule has 0 aliphatic carbocycles. The van der Waals surface area contributed by atoms with Crippen molar-refractivity contribution in [1.82, 2.24) is 4.90 Å². The minimum absolute atomic E-state index is 0.245. The normalized spacial score (nSPS) is 12.0.